The molecule has 0 radical (unpaired) electrons. The van der Waals surface area contributed by atoms with Crippen LogP contribution in [0.2, 0.25) is 5.02 Å². The van der Waals surface area contributed by atoms with Crippen molar-refractivity contribution < 1.29 is 9.53 Å². The molecule has 3 atom stereocenters. The predicted molar refractivity (Wildman–Crippen MR) is 70.0 cm³/mol. The second kappa shape index (κ2) is 5.06. The number of ether oxygens (including phenoxy) is 1. The summed E-state index contributed by atoms with van der Waals surface area (Å²) >= 11 is 5.73. The number of nitrogens with zero attached hydrogens (tertiary/aromatic N) is 3. The number of likely N-dealkylation sites (tertiary alicyclic amines) is 1. The third-order valence-corrected chi connectivity index (χ3v) is 4.13. The minimum absolute atomic E-state index is 0.0980. The van der Waals surface area contributed by atoms with E-state index in [1.165, 1.54) is 12.4 Å². The molecule has 2 bridgehead atoms. The van der Waals surface area contributed by atoms with E-state index in [0.29, 0.717) is 17.0 Å². The van der Waals surface area contributed by atoms with Crippen molar-refractivity contribution in [3.05, 3.63) is 23.2 Å². The highest BCUT2D eigenvalue weighted by atomic mass is 35.5. The summed E-state index contributed by atoms with van der Waals surface area (Å²) in [4.78, 5) is 22.2. The smallest absolute Gasteiger partial charge is 0.291 e. The summed E-state index contributed by atoms with van der Waals surface area (Å²) in [5, 5.41) is 0.441. The number of hydrogen-bond donors (Lipinski definition) is 0. The number of aromatic nitrogens is 2. The molecule has 6 heteroatoms. The van der Waals surface area contributed by atoms with Crippen LogP contribution in [0.1, 0.15) is 30.4 Å². The predicted octanol–water partition coefficient (Wildman–Crippen LogP) is 1.77. The van der Waals surface area contributed by atoms with Gasteiger partial charge in [-0.3, -0.25) is 4.79 Å². The van der Waals surface area contributed by atoms with Crippen LogP contribution in [-0.4, -0.2) is 46.1 Å². The van der Waals surface area contributed by atoms with E-state index in [4.69, 9.17) is 16.3 Å². The van der Waals surface area contributed by atoms with Gasteiger partial charge in [0.05, 0.1) is 11.1 Å². The number of hydrogen-bond acceptors (Lipinski definition) is 4. The van der Waals surface area contributed by atoms with Gasteiger partial charge in [-0.1, -0.05) is 11.6 Å². The lowest BCUT2D eigenvalue weighted by atomic mass is 10.1. The maximum atomic E-state index is 12.3. The lowest BCUT2D eigenvalue weighted by Gasteiger charge is -2.30. The molecule has 0 aromatic carbocycles. The number of piperidine rings is 1. The van der Waals surface area contributed by atoms with Gasteiger partial charge >= 0.3 is 0 Å². The molecule has 2 fully saturated rings. The van der Waals surface area contributed by atoms with Gasteiger partial charge in [-0.15, -0.1) is 0 Å². The Labute approximate surface area is 116 Å². The van der Waals surface area contributed by atoms with Crippen LogP contribution in [0.3, 0.4) is 0 Å². The fourth-order valence-corrected chi connectivity index (χ4v) is 3.22. The highest BCUT2D eigenvalue weighted by Gasteiger charge is 2.47. The minimum Gasteiger partial charge on any atom is -0.378 e. The first-order chi connectivity index (χ1) is 9.19. The second-order valence-corrected chi connectivity index (χ2v) is 5.50. The molecule has 1 amide bonds. The highest BCUT2D eigenvalue weighted by Crippen LogP contribution is 2.39. The number of fused-ring (bicyclic) bond motifs is 2. The first-order valence-electron chi connectivity index (χ1n) is 6.59. The summed E-state index contributed by atoms with van der Waals surface area (Å²) in [5.74, 6) is 0.588. The van der Waals surface area contributed by atoms with Crippen LogP contribution < -0.4 is 0 Å². The van der Waals surface area contributed by atoms with Crippen LogP contribution in [-0.2, 0) is 4.74 Å². The molecule has 0 spiro atoms. The van der Waals surface area contributed by atoms with E-state index in [0.717, 1.165) is 26.0 Å². The number of carbonyl (C=O) groups is 1. The van der Waals surface area contributed by atoms with Gasteiger partial charge in [0.25, 0.3) is 5.91 Å². The molecule has 2 unspecified atom stereocenters. The average Bonchev–Trinajstić information content (AvgIpc) is 2.99. The van der Waals surface area contributed by atoms with E-state index < -0.39 is 0 Å². The maximum absolute atomic E-state index is 12.3. The molecule has 1 aromatic heterocycles. The molecule has 102 valence electrons. The lowest BCUT2D eigenvalue weighted by molar-refractivity contribution is 0.00725. The van der Waals surface area contributed by atoms with Crippen molar-refractivity contribution in [2.24, 2.45) is 5.92 Å². The zero-order valence-electron chi connectivity index (χ0n) is 10.8. The Kier molecular flexibility index (Phi) is 3.41. The van der Waals surface area contributed by atoms with Crippen molar-refractivity contribution in [1.82, 2.24) is 14.9 Å². The highest BCUT2D eigenvalue weighted by molar-refractivity contribution is 6.30. The quantitative estimate of drug-likeness (QED) is 0.847. The fourth-order valence-electron chi connectivity index (χ4n) is 3.12. The number of halogens is 1. The third kappa shape index (κ3) is 2.32. The fraction of sp³-hybridized carbons (Fsp3) is 0.615. The minimum atomic E-state index is -0.0980. The molecule has 2 heterocycles. The van der Waals surface area contributed by atoms with Crippen molar-refractivity contribution >= 4 is 17.5 Å². The van der Waals surface area contributed by atoms with E-state index in [-0.39, 0.29) is 17.8 Å². The molecule has 1 aliphatic heterocycles. The van der Waals surface area contributed by atoms with Gasteiger partial charge in [-0.2, -0.15) is 0 Å². The normalized spacial score (nSPS) is 28.9. The van der Waals surface area contributed by atoms with E-state index in [1.807, 2.05) is 11.8 Å². The van der Waals surface area contributed by atoms with E-state index in [9.17, 15) is 4.79 Å². The molecule has 2 aliphatic rings. The summed E-state index contributed by atoms with van der Waals surface area (Å²) in [6.07, 6.45) is 5.19. The Bertz CT molecular complexity index is 479. The van der Waals surface area contributed by atoms with E-state index >= 15 is 0 Å². The summed E-state index contributed by atoms with van der Waals surface area (Å²) in [7, 11) is 0. The van der Waals surface area contributed by atoms with Gasteiger partial charge in [0.15, 0.2) is 0 Å². The summed E-state index contributed by atoms with van der Waals surface area (Å²) in [6.45, 7) is 3.50. The van der Waals surface area contributed by atoms with Crippen LogP contribution in [0.5, 0.6) is 0 Å². The van der Waals surface area contributed by atoms with E-state index in [2.05, 4.69) is 9.97 Å². The van der Waals surface area contributed by atoms with Crippen LogP contribution in [0.4, 0.5) is 0 Å². The molecule has 19 heavy (non-hydrogen) atoms. The van der Waals surface area contributed by atoms with Crippen LogP contribution in [0.15, 0.2) is 12.4 Å². The Morgan fingerprint density at radius 1 is 1.47 bits per heavy atom. The number of amides is 1. The largest absolute Gasteiger partial charge is 0.378 e. The molecule has 1 saturated carbocycles. The van der Waals surface area contributed by atoms with Crippen molar-refractivity contribution in [2.45, 2.75) is 31.9 Å². The molecular formula is C13H16ClN3O2. The third-order valence-electron chi connectivity index (χ3n) is 3.93. The van der Waals surface area contributed by atoms with Crippen LogP contribution in [0, 0.1) is 5.92 Å². The Balaban J connectivity index is 1.69. The summed E-state index contributed by atoms with van der Waals surface area (Å²) in [5.41, 5.74) is 0. The summed E-state index contributed by atoms with van der Waals surface area (Å²) < 4.78 is 5.70. The topological polar surface area (TPSA) is 55.3 Å². The van der Waals surface area contributed by atoms with Crippen molar-refractivity contribution in [3.8, 4) is 0 Å². The van der Waals surface area contributed by atoms with Crippen molar-refractivity contribution in [2.75, 3.05) is 13.2 Å². The lowest BCUT2D eigenvalue weighted by Crippen LogP contribution is -2.42. The van der Waals surface area contributed by atoms with Gasteiger partial charge in [0.2, 0.25) is 5.82 Å². The van der Waals surface area contributed by atoms with Gasteiger partial charge in [0, 0.05) is 37.5 Å². The zero-order chi connectivity index (χ0) is 13.4. The Morgan fingerprint density at radius 2 is 2.21 bits per heavy atom. The molecule has 1 saturated heterocycles. The van der Waals surface area contributed by atoms with Gasteiger partial charge in [-0.25, -0.2) is 9.97 Å². The second-order valence-electron chi connectivity index (χ2n) is 5.06. The molecular weight excluding hydrogens is 266 g/mol. The maximum Gasteiger partial charge on any atom is 0.291 e. The molecule has 1 aliphatic carbocycles. The number of rotatable bonds is 3. The van der Waals surface area contributed by atoms with Crippen molar-refractivity contribution in [3.63, 3.8) is 0 Å². The van der Waals surface area contributed by atoms with Gasteiger partial charge in [0.1, 0.15) is 0 Å². The first-order valence-corrected chi connectivity index (χ1v) is 6.97. The van der Waals surface area contributed by atoms with Gasteiger partial charge in [-0.05, 0) is 19.8 Å². The summed E-state index contributed by atoms with van der Waals surface area (Å²) in [6, 6.07) is 0.272. The van der Waals surface area contributed by atoms with E-state index in [1.54, 1.807) is 0 Å². The number of carbonyl (C=O) groups excluding carboxylic acids is 1. The van der Waals surface area contributed by atoms with Crippen LogP contribution >= 0.6 is 11.6 Å². The average molecular weight is 282 g/mol. The van der Waals surface area contributed by atoms with Crippen LogP contribution in [0.25, 0.3) is 0 Å². The molecule has 3 rings (SSSR count). The van der Waals surface area contributed by atoms with Gasteiger partial charge < -0.3 is 9.64 Å². The Hall–Kier alpha value is -1.20. The first kappa shape index (κ1) is 12.8. The molecule has 0 N–H and O–H groups in total. The Morgan fingerprint density at radius 3 is 2.79 bits per heavy atom. The molecule has 5 nitrogen and oxygen atoms in total. The monoisotopic (exact) mass is 281 g/mol. The molecule has 1 aromatic rings. The van der Waals surface area contributed by atoms with Crippen molar-refractivity contribution in [1.29, 1.82) is 0 Å². The standard InChI is InChI=1S/C13H16ClN3O2/c1-2-19-11-4-10-3-8(11)7-17(10)13(18)12-15-5-9(14)6-16-12/h5-6,8,10-11H,2-4,7H2,1H3/t8?,10?,11-/m0/s1. The zero-order valence-corrected chi connectivity index (χ0v) is 11.5. The SMILES string of the molecule is CCO[C@H]1CC2CC1CN2C(=O)c1ncc(Cl)cn1.